The Morgan fingerprint density at radius 1 is 1.15 bits per heavy atom. The molecule has 2 aromatic heterocycles. The van der Waals surface area contributed by atoms with Gasteiger partial charge in [-0.1, -0.05) is 12.1 Å². The molecule has 0 fully saturated rings. The molecular weight excluding hydrogens is 383 g/mol. The van der Waals surface area contributed by atoms with Gasteiger partial charge in [0.2, 0.25) is 0 Å². The number of aromatic amines is 1. The number of nitrogens with one attached hydrogen (secondary N) is 1. The van der Waals surface area contributed by atoms with Gasteiger partial charge < -0.3 is 9.72 Å². The molecule has 0 amide bonds. The normalized spacial score (nSPS) is 11.0. The van der Waals surface area contributed by atoms with Crippen LogP contribution in [0.25, 0.3) is 21.3 Å². The highest BCUT2D eigenvalue weighted by Gasteiger charge is 2.13. The molecule has 2 aromatic carbocycles. The summed E-state index contributed by atoms with van der Waals surface area (Å²) in [6.45, 7) is 0. The number of H-pyrrole nitrogens is 1. The molecule has 2 heterocycles. The van der Waals surface area contributed by atoms with Crippen molar-refractivity contribution < 1.29 is 9.13 Å². The summed E-state index contributed by atoms with van der Waals surface area (Å²) in [6.07, 6.45) is 0. The fourth-order valence-electron chi connectivity index (χ4n) is 2.73. The van der Waals surface area contributed by atoms with E-state index in [1.807, 2.05) is 29.6 Å². The van der Waals surface area contributed by atoms with Crippen molar-refractivity contribution >= 4 is 33.3 Å². The number of nitrogens with zero attached hydrogens (tertiary/aromatic N) is 1. The monoisotopic (exact) mass is 398 g/mol. The van der Waals surface area contributed by atoms with E-state index in [0.717, 1.165) is 21.8 Å². The number of aromatic nitrogens is 2. The zero-order chi connectivity index (χ0) is 18.8. The number of thiophene rings is 1. The molecule has 0 saturated carbocycles. The summed E-state index contributed by atoms with van der Waals surface area (Å²) in [5, 5.41) is 2.44. The van der Waals surface area contributed by atoms with E-state index < -0.39 is 0 Å². The van der Waals surface area contributed by atoms with Crippen LogP contribution in [0, 0.1) is 5.82 Å². The van der Waals surface area contributed by atoms with Gasteiger partial charge in [0, 0.05) is 15.8 Å². The highest BCUT2D eigenvalue weighted by Crippen LogP contribution is 2.31. The number of methoxy groups -OCH3 is 1. The van der Waals surface area contributed by atoms with Crippen LogP contribution in [0.15, 0.2) is 63.6 Å². The predicted octanol–water partition coefficient (Wildman–Crippen LogP) is 5.09. The molecule has 0 unspecified atom stereocenters. The summed E-state index contributed by atoms with van der Waals surface area (Å²) in [6, 6.07) is 13.9. The molecule has 0 aliphatic carbocycles. The SMILES string of the molecule is COc1ccc(SCc2nc3scc(-c4ccc(F)cc4)c3c(=O)[nH]2)cc1. The van der Waals surface area contributed by atoms with Gasteiger partial charge in [0.1, 0.15) is 22.2 Å². The van der Waals surface area contributed by atoms with Crippen molar-refractivity contribution in [1.82, 2.24) is 9.97 Å². The molecule has 27 heavy (non-hydrogen) atoms. The lowest BCUT2D eigenvalue weighted by Gasteiger charge is -2.04. The Labute approximate surface area is 163 Å². The fourth-order valence-corrected chi connectivity index (χ4v) is 4.46. The van der Waals surface area contributed by atoms with E-state index in [-0.39, 0.29) is 11.4 Å². The minimum atomic E-state index is -0.303. The first-order valence-electron chi connectivity index (χ1n) is 8.17. The van der Waals surface area contributed by atoms with Crippen LogP contribution < -0.4 is 10.3 Å². The predicted molar refractivity (Wildman–Crippen MR) is 108 cm³/mol. The van der Waals surface area contributed by atoms with Crippen LogP contribution >= 0.6 is 23.1 Å². The number of fused-ring (bicyclic) bond motifs is 1. The van der Waals surface area contributed by atoms with Gasteiger partial charge in [-0.3, -0.25) is 4.79 Å². The Morgan fingerprint density at radius 3 is 2.59 bits per heavy atom. The van der Waals surface area contributed by atoms with Crippen molar-refractivity contribution in [3.63, 3.8) is 0 Å². The lowest BCUT2D eigenvalue weighted by atomic mass is 10.1. The largest absolute Gasteiger partial charge is 0.497 e. The van der Waals surface area contributed by atoms with E-state index in [4.69, 9.17) is 4.74 Å². The van der Waals surface area contributed by atoms with Crippen LogP contribution in [0.2, 0.25) is 0 Å². The number of thioether (sulfide) groups is 1. The molecule has 1 N–H and O–H groups in total. The Kier molecular flexibility index (Phi) is 4.96. The number of ether oxygens (including phenoxy) is 1. The maximum atomic E-state index is 13.2. The molecule has 0 aliphatic heterocycles. The molecule has 4 rings (SSSR count). The van der Waals surface area contributed by atoms with E-state index >= 15 is 0 Å². The molecule has 7 heteroatoms. The van der Waals surface area contributed by atoms with Crippen molar-refractivity contribution in [2.45, 2.75) is 10.6 Å². The topological polar surface area (TPSA) is 55.0 Å². The second kappa shape index (κ2) is 7.54. The van der Waals surface area contributed by atoms with Gasteiger partial charge in [0.25, 0.3) is 5.56 Å². The van der Waals surface area contributed by atoms with Gasteiger partial charge in [-0.2, -0.15) is 0 Å². The molecule has 0 atom stereocenters. The second-order valence-electron chi connectivity index (χ2n) is 5.81. The van der Waals surface area contributed by atoms with Crippen LogP contribution in [0.3, 0.4) is 0 Å². The van der Waals surface area contributed by atoms with Gasteiger partial charge in [-0.25, -0.2) is 9.37 Å². The summed E-state index contributed by atoms with van der Waals surface area (Å²) >= 11 is 3.01. The highest BCUT2D eigenvalue weighted by molar-refractivity contribution is 7.98. The third-order valence-corrected chi connectivity index (χ3v) is 5.98. The number of benzene rings is 2. The number of halogens is 1. The van der Waals surface area contributed by atoms with E-state index in [9.17, 15) is 9.18 Å². The molecule has 0 bridgehead atoms. The van der Waals surface area contributed by atoms with Gasteiger partial charge in [-0.05, 0) is 42.0 Å². The summed E-state index contributed by atoms with van der Waals surface area (Å²) in [5.41, 5.74) is 1.40. The van der Waals surface area contributed by atoms with Crippen LogP contribution in [-0.2, 0) is 5.75 Å². The maximum Gasteiger partial charge on any atom is 0.260 e. The molecular formula is C20H15FN2O2S2. The fraction of sp³-hybridized carbons (Fsp3) is 0.100. The van der Waals surface area contributed by atoms with E-state index in [2.05, 4.69) is 9.97 Å². The van der Waals surface area contributed by atoms with Crippen molar-refractivity contribution in [1.29, 1.82) is 0 Å². The summed E-state index contributed by atoms with van der Waals surface area (Å²) in [4.78, 5) is 21.8. The maximum absolute atomic E-state index is 13.2. The molecule has 0 saturated heterocycles. The zero-order valence-electron chi connectivity index (χ0n) is 14.4. The van der Waals surface area contributed by atoms with Gasteiger partial charge in [-0.15, -0.1) is 23.1 Å². The molecule has 4 aromatic rings. The average molecular weight is 398 g/mol. The summed E-state index contributed by atoms with van der Waals surface area (Å²) in [5.74, 6) is 1.68. The smallest absolute Gasteiger partial charge is 0.260 e. The molecule has 4 nitrogen and oxygen atoms in total. The van der Waals surface area contributed by atoms with Gasteiger partial charge in [0.05, 0.1) is 18.2 Å². The molecule has 0 radical (unpaired) electrons. The average Bonchev–Trinajstić information content (AvgIpc) is 3.12. The number of hydrogen-bond acceptors (Lipinski definition) is 5. The second-order valence-corrected chi connectivity index (χ2v) is 7.72. The summed E-state index contributed by atoms with van der Waals surface area (Å²) in [7, 11) is 1.63. The minimum Gasteiger partial charge on any atom is -0.497 e. The van der Waals surface area contributed by atoms with Crippen LogP contribution in [-0.4, -0.2) is 17.1 Å². The van der Waals surface area contributed by atoms with E-state index in [1.165, 1.54) is 23.5 Å². The lowest BCUT2D eigenvalue weighted by molar-refractivity contribution is 0.414. The number of hydrogen-bond donors (Lipinski definition) is 1. The van der Waals surface area contributed by atoms with Crippen LogP contribution in [0.1, 0.15) is 5.82 Å². The van der Waals surface area contributed by atoms with Gasteiger partial charge >= 0.3 is 0 Å². The van der Waals surface area contributed by atoms with E-state index in [0.29, 0.717) is 21.8 Å². The minimum absolute atomic E-state index is 0.175. The summed E-state index contributed by atoms with van der Waals surface area (Å²) < 4.78 is 18.3. The van der Waals surface area contributed by atoms with Crippen molar-refractivity contribution in [2.24, 2.45) is 0 Å². The first-order chi connectivity index (χ1) is 13.1. The zero-order valence-corrected chi connectivity index (χ0v) is 16.0. The third-order valence-electron chi connectivity index (χ3n) is 4.08. The Hall–Kier alpha value is -2.64. The Bertz CT molecular complexity index is 1140. The first-order valence-corrected chi connectivity index (χ1v) is 10.0. The van der Waals surface area contributed by atoms with Crippen LogP contribution in [0.4, 0.5) is 4.39 Å². The highest BCUT2D eigenvalue weighted by atomic mass is 32.2. The van der Waals surface area contributed by atoms with Crippen LogP contribution in [0.5, 0.6) is 5.75 Å². The standard InChI is InChI=1S/C20H15FN2O2S2/c1-25-14-6-8-15(9-7-14)26-11-17-22-19(24)18-16(10-27-20(18)23-17)12-2-4-13(21)5-3-12/h2-10H,11H2,1H3,(H,22,23,24). The lowest BCUT2D eigenvalue weighted by Crippen LogP contribution is -2.10. The molecule has 0 spiro atoms. The molecule has 0 aliphatic rings. The Morgan fingerprint density at radius 2 is 1.89 bits per heavy atom. The van der Waals surface area contributed by atoms with Gasteiger partial charge in [0.15, 0.2) is 0 Å². The third kappa shape index (κ3) is 3.74. The Balaban J connectivity index is 1.60. The van der Waals surface area contributed by atoms with E-state index in [1.54, 1.807) is 31.0 Å². The van der Waals surface area contributed by atoms with Crippen molar-refractivity contribution in [2.75, 3.05) is 7.11 Å². The first kappa shape index (κ1) is 17.8. The quantitative estimate of drug-likeness (QED) is 0.476. The number of rotatable bonds is 5. The molecule has 136 valence electrons. The van der Waals surface area contributed by atoms with Crippen molar-refractivity contribution in [3.05, 3.63) is 75.9 Å². The van der Waals surface area contributed by atoms with Crippen molar-refractivity contribution in [3.8, 4) is 16.9 Å².